The van der Waals surface area contributed by atoms with Crippen molar-refractivity contribution in [3.05, 3.63) is 29.6 Å². The first kappa shape index (κ1) is 11.8. The molecule has 0 aromatic carbocycles. The number of hydrogen-bond donors (Lipinski definition) is 0. The molecule has 0 bridgehead atoms. The average molecular weight is 260 g/mol. The van der Waals surface area contributed by atoms with Crippen molar-refractivity contribution in [3.8, 4) is 0 Å². The number of ether oxygens (including phenoxy) is 1. The second kappa shape index (κ2) is 4.15. The summed E-state index contributed by atoms with van der Waals surface area (Å²) in [4.78, 5) is 40.1. The zero-order valence-electron chi connectivity index (χ0n) is 10.3. The Labute approximate surface area is 109 Å². The summed E-state index contributed by atoms with van der Waals surface area (Å²) in [5, 5.41) is 0. The van der Waals surface area contributed by atoms with E-state index in [2.05, 4.69) is 9.72 Å². The van der Waals surface area contributed by atoms with E-state index in [1.165, 1.54) is 18.2 Å². The Balaban J connectivity index is 1.72. The molecule has 3 rings (SSSR count). The molecule has 0 radical (unpaired) electrons. The fourth-order valence-electron chi connectivity index (χ4n) is 2.32. The average Bonchev–Trinajstić information content (AvgIpc) is 3.19. The number of likely N-dealkylation sites (tertiary alicyclic amines) is 1. The molecule has 2 heterocycles. The van der Waals surface area contributed by atoms with Crippen LogP contribution in [0.3, 0.4) is 0 Å². The van der Waals surface area contributed by atoms with Gasteiger partial charge in [-0.05, 0) is 18.6 Å². The number of aromatic nitrogens is 1. The number of rotatable bonds is 3. The van der Waals surface area contributed by atoms with Crippen LogP contribution in [0.2, 0.25) is 0 Å². The molecule has 1 aromatic rings. The third kappa shape index (κ3) is 1.89. The van der Waals surface area contributed by atoms with Crippen LogP contribution < -0.4 is 0 Å². The van der Waals surface area contributed by atoms with E-state index in [0.717, 1.165) is 0 Å². The van der Waals surface area contributed by atoms with Gasteiger partial charge in [-0.15, -0.1) is 0 Å². The lowest BCUT2D eigenvalue weighted by molar-refractivity contribution is -0.142. The number of fused-ring (bicyclic) bond motifs is 1. The van der Waals surface area contributed by atoms with Crippen LogP contribution in [0.15, 0.2) is 18.3 Å². The smallest absolute Gasteiger partial charge is 0.339 e. The highest BCUT2D eigenvalue weighted by Crippen LogP contribution is 2.47. The molecule has 1 saturated heterocycles. The Hall–Kier alpha value is -2.24. The van der Waals surface area contributed by atoms with Gasteiger partial charge in [-0.1, -0.05) is 0 Å². The van der Waals surface area contributed by atoms with Crippen LogP contribution in [0.4, 0.5) is 0 Å². The quantitative estimate of drug-likeness (QED) is 0.580. The number of carbonyl (C=O) groups is 3. The number of piperidine rings is 1. The SMILES string of the molecule is COC(=O)c1ccc(CN2C(=O)C3CC3C2=O)nc1. The molecule has 2 fully saturated rings. The maximum absolute atomic E-state index is 11.8. The summed E-state index contributed by atoms with van der Waals surface area (Å²) in [6.07, 6.45) is 2.08. The summed E-state index contributed by atoms with van der Waals surface area (Å²) in [5.74, 6) is -0.861. The molecule has 2 aliphatic rings. The maximum atomic E-state index is 11.8. The van der Waals surface area contributed by atoms with Crippen molar-refractivity contribution in [3.63, 3.8) is 0 Å². The third-order valence-corrected chi connectivity index (χ3v) is 3.52. The molecule has 2 atom stereocenters. The maximum Gasteiger partial charge on any atom is 0.339 e. The van der Waals surface area contributed by atoms with Gasteiger partial charge in [0.05, 0.1) is 36.7 Å². The van der Waals surface area contributed by atoms with Crippen molar-refractivity contribution in [1.82, 2.24) is 9.88 Å². The predicted molar refractivity (Wildman–Crippen MR) is 62.7 cm³/mol. The Morgan fingerprint density at radius 2 is 2.05 bits per heavy atom. The molecule has 2 amide bonds. The highest BCUT2D eigenvalue weighted by Gasteiger charge is 2.58. The van der Waals surface area contributed by atoms with Crippen LogP contribution in [-0.4, -0.2) is 34.8 Å². The van der Waals surface area contributed by atoms with E-state index >= 15 is 0 Å². The van der Waals surface area contributed by atoms with E-state index in [0.29, 0.717) is 17.7 Å². The first-order chi connectivity index (χ1) is 9.11. The van der Waals surface area contributed by atoms with E-state index in [1.54, 1.807) is 12.1 Å². The fourth-order valence-corrected chi connectivity index (χ4v) is 2.32. The second-order valence-corrected chi connectivity index (χ2v) is 4.74. The molecule has 98 valence electrons. The first-order valence-electron chi connectivity index (χ1n) is 6.00. The monoisotopic (exact) mass is 260 g/mol. The Morgan fingerprint density at radius 1 is 1.37 bits per heavy atom. The second-order valence-electron chi connectivity index (χ2n) is 4.74. The van der Waals surface area contributed by atoms with Crippen molar-refractivity contribution < 1.29 is 19.1 Å². The number of nitrogens with zero attached hydrogens (tertiary/aromatic N) is 2. The topological polar surface area (TPSA) is 76.6 Å². The summed E-state index contributed by atoms with van der Waals surface area (Å²) in [5.41, 5.74) is 0.920. The van der Waals surface area contributed by atoms with Gasteiger partial charge in [0.2, 0.25) is 11.8 Å². The zero-order chi connectivity index (χ0) is 13.6. The van der Waals surface area contributed by atoms with Gasteiger partial charge in [-0.2, -0.15) is 0 Å². The van der Waals surface area contributed by atoms with E-state index in [1.807, 2.05) is 0 Å². The van der Waals surface area contributed by atoms with E-state index in [4.69, 9.17) is 0 Å². The highest BCUT2D eigenvalue weighted by molar-refractivity contribution is 6.08. The van der Waals surface area contributed by atoms with Crippen LogP contribution in [0.5, 0.6) is 0 Å². The molecule has 19 heavy (non-hydrogen) atoms. The molecule has 6 heteroatoms. The Morgan fingerprint density at radius 3 is 2.58 bits per heavy atom. The van der Waals surface area contributed by atoms with Gasteiger partial charge < -0.3 is 4.74 Å². The summed E-state index contributed by atoms with van der Waals surface area (Å²) < 4.78 is 4.57. The number of methoxy groups -OCH3 is 1. The van der Waals surface area contributed by atoms with Crippen LogP contribution >= 0.6 is 0 Å². The standard InChI is InChI=1S/C13H12N2O4/c1-19-13(18)7-2-3-8(14-5-7)6-15-11(16)9-4-10(9)12(15)17/h2-3,5,9-10H,4,6H2,1H3. The number of esters is 1. The number of pyridine rings is 1. The molecule has 1 aromatic heterocycles. The van der Waals surface area contributed by atoms with Gasteiger partial charge in [0.1, 0.15) is 0 Å². The van der Waals surface area contributed by atoms with E-state index in [-0.39, 0.29) is 30.2 Å². The van der Waals surface area contributed by atoms with Gasteiger partial charge in [0.25, 0.3) is 0 Å². The normalized spacial score (nSPS) is 24.4. The first-order valence-corrected chi connectivity index (χ1v) is 6.00. The molecule has 1 aliphatic heterocycles. The van der Waals surface area contributed by atoms with Crippen molar-refractivity contribution in [2.75, 3.05) is 7.11 Å². The molecule has 0 N–H and O–H groups in total. The number of imide groups is 1. The fraction of sp³-hybridized carbons (Fsp3) is 0.385. The molecule has 0 spiro atoms. The van der Waals surface area contributed by atoms with Gasteiger partial charge >= 0.3 is 5.97 Å². The van der Waals surface area contributed by atoms with Crippen molar-refractivity contribution >= 4 is 17.8 Å². The summed E-state index contributed by atoms with van der Waals surface area (Å²) in [7, 11) is 1.30. The van der Waals surface area contributed by atoms with Gasteiger partial charge in [-0.3, -0.25) is 19.5 Å². The molecular weight excluding hydrogens is 248 g/mol. The lowest BCUT2D eigenvalue weighted by Crippen LogP contribution is -2.32. The van der Waals surface area contributed by atoms with Crippen molar-refractivity contribution in [2.45, 2.75) is 13.0 Å². The van der Waals surface area contributed by atoms with Crippen LogP contribution in [0, 0.1) is 11.8 Å². The molecule has 2 unspecified atom stereocenters. The van der Waals surface area contributed by atoms with Crippen LogP contribution in [0.1, 0.15) is 22.5 Å². The van der Waals surface area contributed by atoms with E-state index in [9.17, 15) is 14.4 Å². The minimum absolute atomic E-state index is 0.0955. The Bertz CT molecular complexity index is 547. The zero-order valence-corrected chi connectivity index (χ0v) is 10.3. The molecule has 1 saturated carbocycles. The van der Waals surface area contributed by atoms with Gasteiger partial charge in [0, 0.05) is 6.20 Å². The minimum atomic E-state index is -0.464. The van der Waals surface area contributed by atoms with Crippen molar-refractivity contribution in [2.24, 2.45) is 11.8 Å². The summed E-state index contributed by atoms with van der Waals surface area (Å²) >= 11 is 0. The lowest BCUT2D eigenvalue weighted by atomic mass is 10.2. The lowest BCUT2D eigenvalue weighted by Gasteiger charge is -2.15. The van der Waals surface area contributed by atoms with Crippen LogP contribution in [0.25, 0.3) is 0 Å². The largest absolute Gasteiger partial charge is 0.465 e. The van der Waals surface area contributed by atoms with E-state index < -0.39 is 5.97 Å². The minimum Gasteiger partial charge on any atom is -0.465 e. The number of amides is 2. The third-order valence-electron chi connectivity index (χ3n) is 3.52. The van der Waals surface area contributed by atoms with Gasteiger partial charge in [-0.25, -0.2) is 4.79 Å². The van der Waals surface area contributed by atoms with Gasteiger partial charge in [0.15, 0.2) is 0 Å². The van der Waals surface area contributed by atoms with Crippen LogP contribution in [-0.2, 0) is 20.9 Å². The molecule has 1 aliphatic carbocycles. The number of carbonyl (C=O) groups excluding carboxylic acids is 3. The molecule has 6 nitrogen and oxygen atoms in total. The summed E-state index contributed by atoms with van der Waals surface area (Å²) in [6, 6.07) is 3.19. The highest BCUT2D eigenvalue weighted by atomic mass is 16.5. The molecular formula is C13H12N2O4. The Kier molecular flexibility index (Phi) is 2.58. The van der Waals surface area contributed by atoms with Crippen molar-refractivity contribution in [1.29, 1.82) is 0 Å². The number of hydrogen-bond acceptors (Lipinski definition) is 5. The predicted octanol–water partition coefficient (Wildman–Crippen LogP) is 0.373. The summed E-state index contributed by atoms with van der Waals surface area (Å²) in [6.45, 7) is 0.173.